The first-order chi connectivity index (χ1) is 9.70. The number of hydrogen-bond donors (Lipinski definition) is 1. The van der Waals surface area contributed by atoms with Crippen molar-refractivity contribution in [1.82, 2.24) is 10.2 Å². The number of hydrogen-bond acceptors (Lipinski definition) is 4. The van der Waals surface area contributed by atoms with Crippen molar-refractivity contribution in [3.63, 3.8) is 0 Å². The predicted molar refractivity (Wildman–Crippen MR) is 80.5 cm³/mol. The number of nitrogens with one attached hydrogen (secondary N) is 1. The summed E-state index contributed by atoms with van der Waals surface area (Å²) in [7, 11) is 0. The Balaban J connectivity index is 1.86. The highest BCUT2D eigenvalue weighted by Crippen LogP contribution is 2.19. The zero-order valence-corrected chi connectivity index (χ0v) is 12.4. The highest BCUT2D eigenvalue weighted by atomic mass is 16.5. The normalized spacial score (nSPS) is 19.8. The molecule has 2 rings (SSSR count). The Kier molecular flexibility index (Phi) is 5.56. The Morgan fingerprint density at radius 3 is 3.00 bits per heavy atom. The van der Waals surface area contributed by atoms with Crippen molar-refractivity contribution in [2.75, 3.05) is 32.8 Å². The van der Waals surface area contributed by atoms with Gasteiger partial charge in [-0.2, -0.15) is 0 Å². The van der Waals surface area contributed by atoms with Gasteiger partial charge in [-0.1, -0.05) is 19.1 Å². The lowest BCUT2D eigenvalue weighted by atomic mass is 10.1. The number of nitrogens with zero attached hydrogens (tertiary/aromatic N) is 1. The summed E-state index contributed by atoms with van der Waals surface area (Å²) in [5, 5.41) is 3.42. The molecule has 1 aliphatic rings. The van der Waals surface area contributed by atoms with Gasteiger partial charge in [-0.05, 0) is 19.1 Å². The van der Waals surface area contributed by atoms with E-state index in [1.165, 1.54) is 0 Å². The number of Topliss-reactive ketones (excluding diaryl/α,β-unsaturated/α-hetero) is 1. The highest BCUT2D eigenvalue weighted by Gasteiger charge is 2.15. The molecule has 0 spiro atoms. The van der Waals surface area contributed by atoms with Crippen LogP contribution in [0.4, 0.5) is 0 Å². The maximum Gasteiger partial charge on any atom is 0.166 e. The van der Waals surface area contributed by atoms with E-state index >= 15 is 0 Å². The summed E-state index contributed by atoms with van der Waals surface area (Å²) in [6.45, 7) is 8.75. The van der Waals surface area contributed by atoms with Crippen molar-refractivity contribution in [1.29, 1.82) is 0 Å². The van der Waals surface area contributed by atoms with Gasteiger partial charge in [0.05, 0.1) is 5.56 Å². The molecule has 110 valence electrons. The predicted octanol–water partition coefficient (Wildman–Crippen LogP) is 1.95. The van der Waals surface area contributed by atoms with E-state index in [-0.39, 0.29) is 5.78 Å². The molecule has 1 aliphatic heterocycles. The number of carbonyl (C=O) groups excluding carboxylic acids is 1. The van der Waals surface area contributed by atoms with Crippen LogP contribution in [0, 0.1) is 0 Å². The van der Waals surface area contributed by atoms with Gasteiger partial charge in [-0.15, -0.1) is 0 Å². The van der Waals surface area contributed by atoms with Gasteiger partial charge in [0.25, 0.3) is 0 Å². The van der Waals surface area contributed by atoms with E-state index in [4.69, 9.17) is 4.74 Å². The smallest absolute Gasteiger partial charge is 0.166 e. The molecule has 1 aromatic rings. The van der Waals surface area contributed by atoms with E-state index in [0.717, 1.165) is 26.2 Å². The van der Waals surface area contributed by atoms with Crippen LogP contribution in [0.3, 0.4) is 0 Å². The van der Waals surface area contributed by atoms with Crippen molar-refractivity contribution < 1.29 is 9.53 Å². The number of rotatable bonds is 6. The van der Waals surface area contributed by atoms with Crippen LogP contribution < -0.4 is 10.1 Å². The standard InChI is InChI=1S/C16H24N2O2/c1-3-15(19)14-6-4-5-7-16(14)20-11-10-18-9-8-17-13(2)12-18/h4-7,13,17H,3,8-12H2,1-2H3/t13-/m1/s1. The quantitative estimate of drug-likeness (QED) is 0.806. The first kappa shape index (κ1) is 15.0. The highest BCUT2D eigenvalue weighted by molar-refractivity contribution is 5.98. The molecule has 0 amide bonds. The van der Waals surface area contributed by atoms with Gasteiger partial charge in [0.1, 0.15) is 12.4 Å². The van der Waals surface area contributed by atoms with E-state index in [0.29, 0.717) is 30.4 Å². The summed E-state index contributed by atoms with van der Waals surface area (Å²) in [4.78, 5) is 14.2. The summed E-state index contributed by atoms with van der Waals surface area (Å²) in [6, 6.07) is 8.05. The van der Waals surface area contributed by atoms with Crippen molar-refractivity contribution in [3.05, 3.63) is 29.8 Å². The van der Waals surface area contributed by atoms with Gasteiger partial charge in [0.2, 0.25) is 0 Å². The van der Waals surface area contributed by atoms with Crippen LogP contribution in [-0.4, -0.2) is 49.5 Å². The van der Waals surface area contributed by atoms with Crippen molar-refractivity contribution in [2.45, 2.75) is 26.3 Å². The lowest BCUT2D eigenvalue weighted by Crippen LogP contribution is -2.50. The number of piperazine rings is 1. The van der Waals surface area contributed by atoms with E-state index < -0.39 is 0 Å². The average molecular weight is 276 g/mol. The largest absolute Gasteiger partial charge is 0.491 e. The second-order valence-electron chi connectivity index (χ2n) is 5.28. The Hall–Kier alpha value is -1.39. The molecular weight excluding hydrogens is 252 g/mol. The summed E-state index contributed by atoms with van der Waals surface area (Å²) in [5.41, 5.74) is 0.698. The minimum atomic E-state index is 0.136. The summed E-state index contributed by atoms with van der Waals surface area (Å²) in [5.74, 6) is 0.846. The Morgan fingerprint density at radius 2 is 2.25 bits per heavy atom. The number of para-hydroxylation sites is 1. The summed E-state index contributed by atoms with van der Waals surface area (Å²) >= 11 is 0. The molecule has 1 aromatic carbocycles. The maximum absolute atomic E-state index is 11.8. The molecule has 1 saturated heterocycles. The molecule has 0 saturated carbocycles. The molecule has 4 heteroatoms. The number of ether oxygens (including phenoxy) is 1. The van der Waals surface area contributed by atoms with Crippen LogP contribution in [0.2, 0.25) is 0 Å². The third-order valence-corrected chi connectivity index (χ3v) is 3.63. The van der Waals surface area contributed by atoms with Crippen LogP contribution in [0.25, 0.3) is 0 Å². The van der Waals surface area contributed by atoms with Crippen LogP contribution >= 0.6 is 0 Å². The molecule has 0 aliphatic carbocycles. The van der Waals surface area contributed by atoms with Gasteiger partial charge in [-0.25, -0.2) is 0 Å². The van der Waals surface area contributed by atoms with E-state index in [9.17, 15) is 4.79 Å². The first-order valence-electron chi connectivity index (χ1n) is 7.41. The fraction of sp³-hybridized carbons (Fsp3) is 0.562. The third kappa shape index (κ3) is 4.05. The van der Waals surface area contributed by atoms with Crippen LogP contribution in [-0.2, 0) is 0 Å². The van der Waals surface area contributed by atoms with Crippen LogP contribution in [0.5, 0.6) is 5.75 Å². The molecule has 1 atom stereocenters. The summed E-state index contributed by atoms with van der Waals surface area (Å²) in [6.07, 6.45) is 0.510. The molecule has 4 nitrogen and oxygen atoms in total. The first-order valence-corrected chi connectivity index (χ1v) is 7.41. The lowest BCUT2D eigenvalue weighted by molar-refractivity contribution is 0.0983. The zero-order valence-electron chi connectivity index (χ0n) is 12.4. The average Bonchev–Trinajstić information content (AvgIpc) is 2.47. The molecule has 0 radical (unpaired) electrons. The Morgan fingerprint density at radius 1 is 1.45 bits per heavy atom. The summed E-state index contributed by atoms with van der Waals surface area (Å²) < 4.78 is 5.82. The molecule has 20 heavy (non-hydrogen) atoms. The molecule has 0 bridgehead atoms. The van der Waals surface area contributed by atoms with E-state index in [2.05, 4.69) is 17.1 Å². The molecule has 0 aromatic heterocycles. The third-order valence-electron chi connectivity index (χ3n) is 3.63. The van der Waals surface area contributed by atoms with Crippen molar-refractivity contribution in [3.8, 4) is 5.75 Å². The van der Waals surface area contributed by atoms with Crippen molar-refractivity contribution in [2.24, 2.45) is 0 Å². The topological polar surface area (TPSA) is 41.6 Å². The molecule has 0 unspecified atom stereocenters. The van der Waals surface area contributed by atoms with E-state index in [1.807, 2.05) is 31.2 Å². The van der Waals surface area contributed by atoms with Gasteiger partial charge < -0.3 is 10.1 Å². The lowest BCUT2D eigenvalue weighted by Gasteiger charge is -2.31. The van der Waals surface area contributed by atoms with Gasteiger partial charge in [0, 0.05) is 38.6 Å². The fourth-order valence-electron chi connectivity index (χ4n) is 2.51. The Labute approximate surface area is 121 Å². The van der Waals surface area contributed by atoms with Crippen LogP contribution in [0.1, 0.15) is 30.6 Å². The minimum absolute atomic E-state index is 0.136. The van der Waals surface area contributed by atoms with Crippen LogP contribution in [0.15, 0.2) is 24.3 Å². The molecule has 1 heterocycles. The number of benzene rings is 1. The molecule has 1 N–H and O–H groups in total. The monoisotopic (exact) mass is 276 g/mol. The number of ketones is 1. The van der Waals surface area contributed by atoms with Gasteiger partial charge in [-0.3, -0.25) is 9.69 Å². The van der Waals surface area contributed by atoms with Gasteiger partial charge >= 0.3 is 0 Å². The zero-order chi connectivity index (χ0) is 14.4. The molecular formula is C16H24N2O2. The Bertz CT molecular complexity index is 448. The number of carbonyl (C=O) groups is 1. The SMILES string of the molecule is CCC(=O)c1ccccc1OCCN1CCN[C@H](C)C1. The molecule has 1 fully saturated rings. The van der Waals surface area contributed by atoms with E-state index in [1.54, 1.807) is 0 Å². The van der Waals surface area contributed by atoms with Gasteiger partial charge in [0.15, 0.2) is 5.78 Å². The maximum atomic E-state index is 11.8. The minimum Gasteiger partial charge on any atom is -0.491 e. The second-order valence-corrected chi connectivity index (χ2v) is 5.28. The second kappa shape index (κ2) is 7.41. The van der Waals surface area contributed by atoms with Crippen molar-refractivity contribution >= 4 is 5.78 Å². The fourth-order valence-corrected chi connectivity index (χ4v) is 2.51.